The third-order valence-corrected chi connectivity index (χ3v) is 5.89. The molecule has 0 bridgehead atoms. The third kappa shape index (κ3) is 3.50. The lowest BCUT2D eigenvalue weighted by Gasteiger charge is -2.02. The molecule has 0 N–H and O–H groups in total. The highest BCUT2D eigenvalue weighted by Gasteiger charge is 2.17. The van der Waals surface area contributed by atoms with E-state index in [9.17, 15) is 4.79 Å². The van der Waals surface area contributed by atoms with E-state index in [0.717, 1.165) is 23.3 Å². The molecule has 0 radical (unpaired) electrons. The zero-order valence-corrected chi connectivity index (χ0v) is 14.0. The summed E-state index contributed by atoms with van der Waals surface area (Å²) in [5.74, 6) is 0.173. The second kappa shape index (κ2) is 6.51. The van der Waals surface area contributed by atoms with E-state index >= 15 is 0 Å². The molecule has 1 heterocycles. The van der Waals surface area contributed by atoms with Crippen molar-refractivity contribution in [2.24, 2.45) is 0 Å². The van der Waals surface area contributed by atoms with Crippen molar-refractivity contribution in [3.63, 3.8) is 0 Å². The summed E-state index contributed by atoms with van der Waals surface area (Å²) in [6, 6.07) is 7.49. The van der Waals surface area contributed by atoms with E-state index in [-0.39, 0.29) is 5.78 Å². The molecule has 4 heteroatoms. The lowest BCUT2D eigenvalue weighted by molar-refractivity contribution is 0.0997. The minimum absolute atomic E-state index is 0.173. The molecule has 0 aliphatic heterocycles. The third-order valence-electron chi connectivity index (χ3n) is 3.87. The van der Waals surface area contributed by atoms with Crippen molar-refractivity contribution in [2.75, 3.05) is 0 Å². The molecule has 1 aliphatic carbocycles. The fraction of sp³-hybridized carbons (Fsp3) is 0.353. The van der Waals surface area contributed by atoms with Crippen molar-refractivity contribution < 1.29 is 4.79 Å². The number of hydrogen-bond donors (Lipinski definition) is 0. The molecular weight excluding hydrogens is 323 g/mol. The van der Waals surface area contributed by atoms with Crippen LogP contribution in [0.1, 0.15) is 44.9 Å². The Morgan fingerprint density at radius 2 is 1.86 bits per heavy atom. The summed E-state index contributed by atoms with van der Waals surface area (Å²) >= 11 is 13.6. The Hall–Kier alpha value is -0.830. The quantitative estimate of drug-likeness (QED) is 0.514. The van der Waals surface area contributed by atoms with Crippen LogP contribution in [0.4, 0.5) is 0 Å². The van der Waals surface area contributed by atoms with Crippen molar-refractivity contribution in [1.29, 1.82) is 0 Å². The number of Topliss-reactive ketones (excluding diaryl/α,β-unsaturated/α-hetero) is 1. The molecule has 0 atom stereocenters. The molecule has 0 fully saturated rings. The molecule has 1 aliphatic rings. The first-order valence-electron chi connectivity index (χ1n) is 7.22. The van der Waals surface area contributed by atoms with E-state index in [1.807, 2.05) is 6.07 Å². The second-order valence-electron chi connectivity index (χ2n) is 5.47. The van der Waals surface area contributed by atoms with Gasteiger partial charge in [0.05, 0.1) is 14.9 Å². The Balaban J connectivity index is 1.77. The minimum atomic E-state index is 0.173. The summed E-state index contributed by atoms with van der Waals surface area (Å²) in [6.45, 7) is 0. The first-order valence-corrected chi connectivity index (χ1v) is 8.79. The van der Waals surface area contributed by atoms with Crippen LogP contribution in [0.5, 0.6) is 0 Å². The lowest BCUT2D eigenvalue weighted by Crippen LogP contribution is -2.01. The van der Waals surface area contributed by atoms with Crippen molar-refractivity contribution in [1.82, 2.24) is 0 Å². The van der Waals surface area contributed by atoms with E-state index in [0.29, 0.717) is 16.5 Å². The molecule has 0 saturated heterocycles. The van der Waals surface area contributed by atoms with Gasteiger partial charge in [0.2, 0.25) is 0 Å². The molecule has 0 unspecified atom stereocenters. The largest absolute Gasteiger partial charge is 0.293 e. The zero-order valence-electron chi connectivity index (χ0n) is 11.6. The maximum atomic E-state index is 12.4. The van der Waals surface area contributed by atoms with Crippen molar-refractivity contribution in [3.05, 3.63) is 55.2 Å². The van der Waals surface area contributed by atoms with Gasteiger partial charge in [-0.15, -0.1) is 11.3 Å². The van der Waals surface area contributed by atoms with Gasteiger partial charge in [-0.1, -0.05) is 35.7 Å². The summed E-state index contributed by atoms with van der Waals surface area (Å²) in [5.41, 5.74) is 2.30. The van der Waals surface area contributed by atoms with Crippen LogP contribution in [-0.2, 0) is 19.3 Å². The highest BCUT2D eigenvalue weighted by atomic mass is 35.5. The van der Waals surface area contributed by atoms with Crippen LogP contribution in [0, 0.1) is 0 Å². The van der Waals surface area contributed by atoms with Gasteiger partial charge in [0.15, 0.2) is 5.78 Å². The maximum absolute atomic E-state index is 12.4. The van der Waals surface area contributed by atoms with E-state index < -0.39 is 0 Å². The van der Waals surface area contributed by atoms with E-state index in [4.69, 9.17) is 23.2 Å². The van der Waals surface area contributed by atoms with Crippen LogP contribution in [0.25, 0.3) is 0 Å². The van der Waals surface area contributed by atoms with Crippen LogP contribution in [0.3, 0.4) is 0 Å². The Morgan fingerprint density at radius 1 is 1.05 bits per heavy atom. The SMILES string of the molecule is O=C(Cc1ccc(Cl)c(Cl)c1)c1cc2c(s1)CCCCC2. The molecule has 3 rings (SSSR count). The van der Waals surface area contributed by atoms with Crippen LogP contribution >= 0.6 is 34.5 Å². The van der Waals surface area contributed by atoms with Gasteiger partial charge in [0.1, 0.15) is 0 Å². The van der Waals surface area contributed by atoms with Gasteiger partial charge in [-0.2, -0.15) is 0 Å². The first kappa shape index (κ1) is 15.1. The van der Waals surface area contributed by atoms with Crippen LogP contribution in [0.15, 0.2) is 24.3 Å². The van der Waals surface area contributed by atoms with E-state index in [2.05, 4.69) is 6.07 Å². The van der Waals surface area contributed by atoms with E-state index in [1.165, 1.54) is 29.7 Å². The van der Waals surface area contributed by atoms with Crippen LogP contribution in [0.2, 0.25) is 10.0 Å². The summed E-state index contributed by atoms with van der Waals surface area (Å²) < 4.78 is 0. The van der Waals surface area contributed by atoms with Gasteiger partial charge < -0.3 is 0 Å². The van der Waals surface area contributed by atoms with Gasteiger partial charge in [-0.05, 0) is 55.0 Å². The van der Waals surface area contributed by atoms with Gasteiger partial charge in [-0.3, -0.25) is 4.79 Å². The molecule has 2 aromatic rings. The number of thiophene rings is 1. The second-order valence-corrected chi connectivity index (χ2v) is 7.42. The number of ketones is 1. The summed E-state index contributed by atoms with van der Waals surface area (Å²) in [6.07, 6.45) is 6.41. The number of aryl methyl sites for hydroxylation is 2. The van der Waals surface area contributed by atoms with Crippen molar-refractivity contribution in [3.8, 4) is 0 Å². The summed E-state index contributed by atoms with van der Waals surface area (Å²) in [5, 5.41) is 1.03. The Bertz CT molecular complexity index is 652. The number of rotatable bonds is 3. The number of halogens is 2. The monoisotopic (exact) mass is 338 g/mol. The molecule has 0 amide bonds. The Morgan fingerprint density at radius 3 is 2.67 bits per heavy atom. The van der Waals surface area contributed by atoms with Crippen LogP contribution < -0.4 is 0 Å². The molecular formula is C17H16Cl2OS. The highest BCUT2D eigenvalue weighted by molar-refractivity contribution is 7.14. The topological polar surface area (TPSA) is 17.1 Å². The van der Waals surface area contributed by atoms with E-state index in [1.54, 1.807) is 23.5 Å². The standard InChI is InChI=1S/C17H16Cl2OS/c18-13-7-6-11(8-14(13)19)9-15(20)17-10-12-4-2-1-3-5-16(12)21-17/h6-8,10H,1-5,9H2. The fourth-order valence-electron chi connectivity index (χ4n) is 2.73. The van der Waals surface area contributed by atoms with Gasteiger partial charge >= 0.3 is 0 Å². The molecule has 1 aromatic carbocycles. The number of hydrogen-bond acceptors (Lipinski definition) is 2. The average Bonchev–Trinajstić information content (AvgIpc) is 2.74. The molecule has 0 saturated carbocycles. The van der Waals surface area contributed by atoms with Gasteiger partial charge in [0.25, 0.3) is 0 Å². The van der Waals surface area contributed by atoms with Crippen molar-refractivity contribution >= 4 is 40.3 Å². The molecule has 0 spiro atoms. The average molecular weight is 339 g/mol. The summed E-state index contributed by atoms with van der Waals surface area (Å²) in [7, 11) is 0. The van der Waals surface area contributed by atoms with Crippen LogP contribution in [-0.4, -0.2) is 5.78 Å². The van der Waals surface area contributed by atoms with Gasteiger partial charge in [0, 0.05) is 11.3 Å². The lowest BCUT2D eigenvalue weighted by atomic mass is 10.1. The highest BCUT2D eigenvalue weighted by Crippen LogP contribution is 2.30. The smallest absolute Gasteiger partial charge is 0.177 e. The normalized spacial score (nSPS) is 14.6. The first-order chi connectivity index (χ1) is 10.1. The molecule has 110 valence electrons. The fourth-order valence-corrected chi connectivity index (χ4v) is 4.24. The Labute approximate surface area is 138 Å². The predicted octanol–water partition coefficient (Wildman–Crippen LogP) is 5.75. The predicted molar refractivity (Wildman–Crippen MR) is 90.1 cm³/mol. The minimum Gasteiger partial charge on any atom is -0.293 e. The number of fused-ring (bicyclic) bond motifs is 1. The summed E-state index contributed by atoms with van der Waals surface area (Å²) in [4.78, 5) is 14.7. The zero-order chi connectivity index (χ0) is 14.8. The number of carbonyl (C=O) groups excluding carboxylic acids is 1. The number of carbonyl (C=O) groups is 1. The molecule has 1 aromatic heterocycles. The number of benzene rings is 1. The molecule has 1 nitrogen and oxygen atoms in total. The maximum Gasteiger partial charge on any atom is 0.177 e. The van der Waals surface area contributed by atoms with Crippen molar-refractivity contribution in [2.45, 2.75) is 38.5 Å². The Kier molecular flexibility index (Phi) is 4.68. The molecule has 21 heavy (non-hydrogen) atoms. The van der Waals surface area contributed by atoms with Gasteiger partial charge in [-0.25, -0.2) is 0 Å².